The number of anilines is 2. The zero-order valence-corrected chi connectivity index (χ0v) is 11.7. The molecule has 9 heteroatoms. The van der Waals surface area contributed by atoms with Crippen LogP contribution in [-0.4, -0.2) is 52.9 Å². The van der Waals surface area contributed by atoms with Crippen LogP contribution in [0.5, 0.6) is 0 Å². The highest BCUT2D eigenvalue weighted by Crippen LogP contribution is 2.21. The second kappa shape index (κ2) is 7.22. The van der Waals surface area contributed by atoms with Crippen molar-refractivity contribution in [2.24, 2.45) is 0 Å². The van der Waals surface area contributed by atoms with Gasteiger partial charge in [0.2, 0.25) is 17.7 Å². The van der Waals surface area contributed by atoms with Gasteiger partial charge in [0.05, 0.1) is 4.92 Å². The van der Waals surface area contributed by atoms with Crippen LogP contribution in [0.4, 0.5) is 17.5 Å². The summed E-state index contributed by atoms with van der Waals surface area (Å²) < 4.78 is 0. The van der Waals surface area contributed by atoms with Crippen molar-refractivity contribution < 1.29 is 9.72 Å². The summed E-state index contributed by atoms with van der Waals surface area (Å²) >= 11 is 0. The van der Waals surface area contributed by atoms with E-state index >= 15 is 0 Å². The SMILES string of the molecule is CCNc1ncc([N+](=O)[O-])c(NCCC(=O)N(C)C)n1. The molecule has 1 aromatic rings. The van der Waals surface area contributed by atoms with Crippen molar-refractivity contribution in [3.8, 4) is 0 Å². The molecule has 0 atom stereocenters. The number of hydrogen-bond acceptors (Lipinski definition) is 7. The van der Waals surface area contributed by atoms with Gasteiger partial charge < -0.3 is 15.5 Å². The number of rotatable bonds is 7. The molecule has 1 amide bonds. The van der Waals surface area contributed by atoms with Gasteiger partial charge in [-0.2, -0.15) is 4.98 Å². The van der Waals surface area contributed by atoms with Crippen molar-refractivity contribution in [3.63, 3.8) is 0 Å². The summed E-state index contributed by atoms with van der Waals surface area (Å²) in [5, 5.41) is 16.6. The molecule has 0 saturated carbocycles. The molecule has 0 saturated heterocycles. The fraction of sp³-hybridized carbons (Fsp3) is 0.545. The molecule has 0 bridgehead atoms. The first-order valence-corrected chi connectivity index (χ1v) is 6.15. The van der Waals surface area contributed by atoms with E-state index in [9.17, 15) is 14.9 Å². The van der Waals surface area contributed by atoms with Crippen molar-refractivity contribution >= 4 is 23.4 Å². The summed E-state index contributed by atoms with van der Waals surface area (Å²) in [6.07, 6.45) is 1.37. The molecule has 1 aromatic heterocycles. The lowest BCUT2D eigenvalue weighted by Crippen LogP contribution is -2.24. The van der Waals surface area contributed by atoms with Gasteiger partial charge in [0, 0.05) is 33.6 Å². The van der Waals surface area contributed by atoms with E-state index in [4.69, 9.17) is 0 Å². The van der Waals surface area contributed by atoms with Crippen LogP contribution in [0.1, 0.15) is 13.3 Å². The monoisotopic (exact) mass is 282 g/mol. The summed E-state index contributed by atoms with van der Waals surface area (Å²) in [6.45, 7) is 2.74. The van der Waals surface area contributed by atoms with Crippen LogP contribution in [-0.2, 0) is 4.79 Å². The van der Waals surface area contributed by atoms with E-state index in [0.29, 0.717) is 12.5 Å². The van der Waals surface area contributed by atoms with Crippen molar-refractivity contribution in [2.75, 3.05) is 37.8 Å². The topological polar surface area (TPSA) is 113 Å². The lowest BCUT2D eigenvalue weighted by atomic mass is 10.3. The molecule has 0 aliphatic heterocycles. The summed E-state index contributed by atoms with van der Waals surface area (Å²) in [5.41, 5.74) is -0.219. The number of nitrogens with one attached hydrogen (secondary N) is 2. The quantitative estimate of drug-likeness (QED) is 0.559. The molecule has 0 unspecified atom stereocenters. The maximum Gasteiger partial charge on any atom is 0.329 e. The van der Waals surface area contributed by atoms with Gasteiger partial charge in [0.15, 0.2) is 0 Å². The van der Waals surface area contributed by atoms with E-state index < -0.39 is 4.92 Å². The second-order valence-electron chi connectivity index (χ2n) is 4.18. The summed E-state index contributed by atoms with van der Waals surface area (Å²) in [6, 6.07) is 0. The highest BCUT2D eigenvalue weighted by molar-refractivity contribution is 5.76. The molecule has 0 spiro atoms. The minimum Gasteiger partial charge on any atom is -0.364 e. The first-order valence-electron chi connectivity index (χ1n) is 6.15. The Morgan fingerprint density at radius 2 is 2.15 bits per heavy atom. The predicted octanol–water partition coefficient (Wildman–Crippen LogP) is 0.707. The second-order valence-corrected chi connectivity index (χ2v) is 4.18. The maximum absolute atomic E-state index is 11.4. The Bertz CT molecular complexity index is 491. The van der Waals surface area contributed by atoms with Crippen LogP contribution in [0.15, 0.2) is 6.20 Å². The molecule has 1 rings (SSSR count). The van der Waals surface area contributed by atoms with Crippen LogP contribution >= 0.6 is 0 Å². The third-order valence-corrected chi connectivity index (χ3v) is 2.43. The molecule has 20 heavy (non-hydrogen) atoms. The fourth-order valence-electron chi connectivity index (χ4n) is 1.39. The van der Waals surface area contributed by atoms with Crippen molar-refractivity contribution in [1.29, 1.82) is 0 Å². The molecule has 1 heterocycles. The number of carbonyl (C=O) groups excluding carboxylic acids is 1. The standard InChI is InChI=1S/C11H18N6O3/c1-4-12-11-14-7-8(17(19)20)10(15-11)13-6-5-9(18)16(2)3/h7H,4-6H2,1-3H3,(H2,12,13,14,15). The Kier molecular flexibility index (Phi) is 5.63. The summed E-state index contributed by atoms with van der Waals surface area (Å²) in [4.78, 5) is 31.1. The number of hydrogen-bond donors (Lipinski definition) is 2. The Balaban J connectivity index is 2.77. The van der Waals surface area contributed by atoms with E-state index in [1.54, 1.807) is 14.1 Å². The Hall–Kier alpha value is -2.45. The number of amides is 1. The predicted molar refractivity (Wildman–Crippen MR) is 74.7 cm³/mol. The highest BCUT2D eigenvalue weighted by atomic mass is 16.6. The van der Waals surface area contributed by atoms with Gasteiger partial charge in [-0.05, 0) is 6.92 Å². The summed E-state index contributed by atoms with van der Waals surface area (Å²) in [7, 11) is 3.30. The van der Waals surface area contributed by atoms with E-state index in [-0.39, 0.29) is 30.4 Å². The average molecular weight is 282 g/mol. The van der Waals surface area contributed by atoms with Gasteiger partial charge in [0.1, 0.15) is 6.20 Å². The lowest BCUT2D eigenvalue weighted by molar-refractivity contribution is -0.384. The molecule has 0 fully saturated rings. The van der Waals surface area contributed by atoms with Gasteiger partial charge in [0.25, 0.3) is 0 Å². The molecule has 0 aliphatic rings. The summed E-state index contributed by atoms with van der Waals surface area (Å²) in [5.74, 6) is 0.341. The Morgan fingerprint density at radius 3 is 2.70 bits per heavy atom. The molecule has 110 valence electrons. The van der Waals surface area contributed by atoms with Crippen LogP contribution in [0.25, 0.3) is 0 Å². The molecular formula is C11H18N6O3. The normalized spacial score (nSPS) is 9.95. The van der Waals surface area contributed by atoms with E-state index in [0.717, 1.165) is 6.20 Å². The Labute approximate surface area is 116 Å². The zero-order chi connectivity index (χ0) is 15.1. The van der Waals surface area contributed by atoms with Crippen LogP contribution in [0.3, 0.4) is 0 Å². The van der Waals surface area contributed by atoms with Crippen LogP contribution in [0, 0.1) is 10.1 Å². The van der Waals surface area contributed by atoms with Gasteiger partial charge in [-0.3, -0.25) is 14.9 Å². The molecule has 0 aliphatic carbocycles. The maximum atomic E-state index is 11.4. The largest absolute Gasteiger partial charge is 0.364 e. The van der Waals surface area contributed by atoms with Gasteiger partial charge in [-0.15, -0.1) is 0 Å². The lowest BCUT2D eigenvalue weighted by Gasteiger charge is -2.11. The number of nitro groups is 1. The van der Waals surface area contributed by atoms with Crippen LogP contribution in [0.2, 0.25) is 0 Å². The van der Waals surface area contributed by atoms with Gasteiger partial charge >= 0.3 is 5.69 Å². The number of nitrogens with zero attached hydrogens (tertiary/aromatic N) is 4. The fourth-order valence-corrected chi connectivity index (χ4v) is 1.39. The van der Waals surface area contributed by atoms with E-state index in [1.807, 2.05) is 6.92 Å². The minimum absolute atomic E-state index is 0.0684. The number of carbonyl (C=O) groups is 1. The van der Waals surface area contributed by atoms with Crippen LogP contribution < -0.4 is 10.6 Å². The number of aromatic nitrogens is 2. The average Bonchev–Trinajstić information content (AvgIpc) is 2.38. The Morgan fingerprint density at radius 1 is 1.45 bits per heavy atom. The highest BCUT2D eigenvalue weighted by Gasteiger charge is 2.17. The molecule has 0 aromatic carbocycles. The molecule has 9 nitrogen and oxygen atoms in total. The van der Waals surface area contributed by atoms with Crippen molar-refractivity contribution in [3.05, 3.63) is 16.3 Å². The minimum atomic E-state index is -0.564. The first kappa shape index (κ1) is 15.6. The molecule has 0 radical (unpaired) electrons. The zero-order valence-electron chi connectivity index (χ0n) is 11.7. The van der Waals surface area contributed by atoms with Crippen molar-refractivity contribution in [1.82, 2.24) is 14.9 Å². The van der Waals surface area contributed by atoms with E-state index in [1.165, 1.54) is 4.90 Å². The van der Waals surface area contributed by atoms with Gasteiger partial charge in [-0.1, -0.05) is 0 Å². The smallest absolute Gasteiger partial charge is 0.329 e. The molecule has 2 N–H and O–H groups in total. The van der Waals surface area contributed by atoms with E-state index in [2.05, 4.69) is 20.6 Å². The van der Waals surface area contributed by atoms with Crippen molar-refractivity contribution in [2.45, 2.75) is 13.3 Å². The third-order valence-electron chi connectivity index (χ3n) is 2.43. The third kappa shape index (κ3) is 4.34. The molecular weight excluding hydrogens is 264 g/mol. The van der Waals surface area contributed by atoms with Gasteiger partial charge in [-0.25, -0.2) is 4.98 Å². The first-order chi connectivity index (χ1) is 9.45.